The summed E-state index contributed by atoms with van der Waals surface area (Å²) >= 11 is 0. The molecule has 1 aromatic rings. The van der Waals surface area contributed by atoms with Crippen molar-refractivity contribution < 1.29 is 9.13 Å². The summed E-state index contributed by atoms with van der Waals surface area (Å²) in [6.45, 7) is 5.76. The number of guanidine groups is 1. The number of hydrogen-bond acceptors (Lipinski definition) is 2. The van der Waals surface area contributed by atoms with Gasteiger partial charge in [0.2, 0.25) is 0 Å². The molecule has 0 heterocycles. The van der Waals surface area contributed by atoms with Crippen LogP contribution in [0.15, 0.2) is 29.3 Å². The second-order valence-corrected chi connectivity index (χ2v) is 5.59. The number of hydrogen-bond donors (Lipinski definition) is 2. The Morgan fingerprint density at radius 3 is 2.87 bits per heavy atom. The van der Waals surface area contributed by atoms with Crippen molar-refractivity contribution in [2.24, 2.45) is 10.9 Å². The Kier molecular flexibility index (Phi) is 10.2. The number of halogens is 2. The molecular formula is C17H27FIN3O. The summed E-state index contributed by atoms with van der Waals surface area (Å²) in [6.07, 6.45) is 3.39. The Morgan fingerprint density at radius 1 is 1.35 bits per heavy atom. The minimum atomic E-state index is -0.189. The molecule has 0 bridgehead atoms. The standard InChI is InChI=1S/C17H26FN3O.HI/c1-2-19-17(21-10-11-22-13-15-6-7-15)20-9-8-14-4-3-5-16(18)12-14;/h3-5,12,15H,2,6-11,13H2,1H3,(H2,19,20,21);1H. The van der Waals surface area contributed by atoms with Crippen LogP contribution in [0.5, 0.6) is 0 Å². The Hall–Kier alpha value is -0.890. The second kappa shape index (κ2) is 11.6. The molecule has 1 saturated carbocycles. The first-order valence-electron chi connectivity index (χ1n) is 8.12. The van der Waals surface area contributed by atoms with E-state index in [0.29, 0.717) is 13.2 Å². The lowest BCUT2D eigenvalue weighted by Crippen LogP contribution is -2.38. The zero-order valence-electron chi connectivity index (χ0n) is 13.7. The van der Waals surface area contributed by atoms with Crippen molar-refractivity contribution in [1.82, 2.24) is 10.6 Å². The Balaban J connectivity index is 0.00000264. The average Bonchev–Trinajstić information content (AvgIpc) is 3.31. The highest BCUT2D eigenvalue weighted by Gasteiger charge is 2.20. The minimum absolute atomic E-state index is 0. The number of rotatable bonds is 9. The summed E-state index contributed by atoms with van der Waals surface area (Å²) in [5.41, 5.74) is 0.983. The van der Waals surface area contributed by atoms with Crippen molar-refractivity contribution in [2.75, 3.05) is 32.8 Å². The molecule has 1 aliphatic rings. The molecule has 6 heteroatoms. The Labute approximate surface area is 155 Å². The van der Waals surface area contributed by atoms with E-state index in [9.17, 15) is 4.39 Å². The third kappa shape index (κ3) is 9.10. The van der Waals surface area contributed by atoms with Gasteiger partial charge in [0.25, 0.3) is 0 Å². The molecule has 1 fully saturated rings. The van der Waals surface area contributed by atoms with Crippen LogP contribution in [0.4, 0.5) is 4.39 Å². The van der Waals surface area contributed by atoms with E-state index in [1.165, 1.54) is 18.9 Å². The lowest BCUT2D eigenvalue weighted by Gasteiger charge is -2.11. The van der Waals surface area contributed by atoms with Gasteiger partial charge in [0.15, 0.2) is 5.96 Å². The van der Waals surface area contributed by atoms with Gasteiger partial charge in [0, 0.05) is 19.7 Å². The molecule has 130 valence electrons. The second-order valence-electron chi connectivity index (χ2n) is 5.59. The van der Waals surface area contributed by atoms with Gasteiger partial charge in [-0.25, -0.2) is 4.39 Å². The fourth-order valence-corrected chi connectivity index (χ4v) is 2.12. The minimum Gasteiger partial charge on any atom is -0.379 e. The topological polar surface area (TPSA) is 45.7 Å². The van der Waals surface area contributed by atoms with Gasteiger partial charge in [-0.2, -0.15) is 0 Å². The summed E-state index contributed by atoms with van der Waals surface area (Å²) in [6, 6.07) is 6.70. The van der Waals surface area contributed by atoms with Crippen molar-refractivity contribution >= 4 is 29.9 Å². The molecular weight excluding hydrogens is 408 g/mol. The van der Waals surface area contributed by atoms with Gasteiger partial charge >= 0.3 is 0 Å². The molecule has 2 rings (SSSR count). The SMILES string of the molecule is CCNC(=NCCOCC1CC1)NCCc1cccc(F)c1.I. The molecule has 4 nitrogen and oxygen atoms in total. The van der Waals surface area contributed by atoms with Crippen LogP contribution >= 0.6 is 24.0 Å². The fourth-order valence-electron chi connectivity index (χ4n) is 2.12. The average molecular weight is 435 g/mol. The molecule has 0 unspecified atom stereocenters. The van der Waals surface area contributed by atoms with Crippen molar-refractivity contribution in [3.63, 3.8) is 0 Å². The third-order valence-corrected chi connectivity index (χ3v) is 3.50. The first-order chi connectivity index (χ1) is 10.8. The van der Waals surface area contributed by atoms with Crippen molar-refractivity contribution in [1.29, 1.82) is 0 Å². The number of nitrogens with zero attached hydrogens (tertiary/aromatic N) is 1. The Morgan fingerprint density at radius 2 is 2.17 bits per heavy atom. The van der Waals surface area contributed by atoms with E-state index in [2.05, 4.69) is 15.6 Å². The van der Waals surface area contributed by atoms with Crippen LogP contribution in [0.2, 0.25) is 0 Å². The summed E-state index contributed by atoms with van der Waals surface area (Å²) in [5, 5.41) is 6.46. The summed E-state index contributed by atoms with van der Waals surface area (Å²) < 4.78 is 18.7. The monoisotopic (exact) mass is 435 g/mol. The van der Waals surface area contributed by atoms with E-state index in [1.54, 1.807) is 12.1 Å². The van der Waals surface area contributed by atoms with Crippen LogP contribution in [0, 0.1) is 11.7 Å². The van der Waals surface area contributed by atoms with Crippen molar-refractivity contribution in [3.05, 3.63) is 35.6 Å². The van der Waals surface area contributed by atoms with Crippen LogP contribution in [-0.4, -0.2) is 38.8 Å². The van der Waals surface area contributed by atoms with Crippen LogP contribution < -0.4 is 10.6 Å². The summed E-state index contributed by atoms with van der Waals surface area (Å²) in [5.74, 6) is 1.39. The lowest BCUT2D eigenvalue weighted by molar-refractivity contribution is 0.131. The number of aliphatic imine (C=N–C) groups is 1. The van der Waals surface area contributed by atoms with Gasteiger partial charge in [-0.3, -0.25) is 4.99 Å². The molecule has 0 radical (unpaired) electrons. The predicted octanol–water partition coefficient (Wildman–Crippen LogP) is 2.97. The highest BCUT2D eigenvalue weighted by atomic mass is 127. The fraction of sp³-hybridized carbons (Fsp3) is 0.588. The molecule has 1 aromatic carbocycles. The predicted molar refractivity (Wildman–Crippen MR) is 103 cm³/mol. The van der Waals surface area contributed by atoms with Gasteiger partial charge in [0.05, 0.1) is 13.2 Å². The van der Waals surface area contributed by atoms with Gasteiger partial charge in [0.1, 0.15) is 5.82 Å². The smallest absolute Gasteiger partial charge is 0.191 e. The van der Waals surface area contributed by atoms with E-state index in [-0.39, 0.29) is 29.8 Å². The molecule has 23 heavy (non-hydrogen) atoms. The third-order valence-electron chi connectivity index (χ3n) is 3.50. The van der Waals surface area contributed by atoms with Crippen molar-refractivity contribution in [3.8, 4) is 0 Å². The van der Waals surface area contributed by atoms with Gasteiger partial charge in [-0.05, 0) is 49.8 Å². The van der Waals surface area contributed by atoms with E-state index in [1.807, 2.05) is 13.0 Å². The largest absolute Gasteiger partial charge is 0.379 e. The molecule has 0 aromatic heterocycles. The number of nitrogens with one attached hydrogen (secondary N) is 2. The van der Waals surface area contributed by atoms with Crippen LogP contribution in [-0.2, 0) is 11.2 Å². The van der Waals surface area contributed by atoms with Gasteiger partial charge < -0.3 is 15.4 Å². The van der Waals surface area contributed by atoms with Crippen LogP contribution in [0.25, 0.3) is 0 Å². The van der Waals surface area contributed by atoms with Crippen LogP contribution in [0.3, 0.4) is 0 Å². The Bertz CT molecular complexity index is 481. The quantitative estimate of drug-likeness (QED) is 0.272. The first kappa shape index (κ1) is 20.2. The number of ether oxygens (including phenoxy) is 1. The molecule has 1 aliphatic carbocycles. The maximum atomic E-state index is 13.1. The van der Waals surface area contributed by atoms with Gasteiger partial charge in [-0.1, -0.05) is 12.1 Å². The molecule has 0 spiro atoms. The van der Waals surface area contributed by atoms with Gasteiger partial charge in [-0.15, -0.1) is 24.0 Å². The van der Waals surface area contributed by atoms with E-state index in [0.717, 1.165) is 43.6 Å². The van der Waals surface area contributed by atoms with Crippen molar-refractivity contribution in [2.45, 2.75) is 26.2 Å². The highest BCUT2D eigenvalue weighted by Crippen LogP contribution is 2.28. The van der Waals surface area contributed by atoms with Crippen LogP contribution in [0.1, 0.15) is 25.3 Å². The zero-order chi connectivity index (χ0) is 15.6. The molecule has 0 saturated heterocycles. The molecule has 0 amide bonds. The molecule has 0 aliphatic heterocycles. The number of benzene rings is 1. The summed E-state index contributed by atoms with van der Waals surface area (Å²) in [4.78, 5) is 4.47. The molecule has 2 N–H and O–H groups in total. The maximum Gasteiger partial charge on any atom is 0.191 e. The maximum absolute atomic E-state index is 13.1. The highest BCUT2D eigenvalue weighted by molar-refractivity contribution is 14.0. The zero-order valence-corrected chi connectivity index (χ0v) is 16.0. The van der Waals surface area contributed by atoms with E-state index >= 15 is 0 Å². The van der Waals surface area contributed by atoms with E-state index < -0.39 is 0 Å². The molecule has 0 atom stereocenters. The summed E-state index contributed by atoms with van der Waals surface area (Å²) in [7, 11) is 0. The van der Waals surface area contributed by atoms with E-state index in [4.69, 9.17) is 4.74 Å². The first-order valence-corrected chi connectivity index (χ1v) is 8.12. The lowest BCUT2D eigenvalue weighted by atomic mass is 10.1. The normalized spacial score (nSPS) is 14.3.